The van der Waals surface area contributed by atoms with Gasteiger partial charge in [0.2, 0.25) is 0 Å². The van der Waals surface area contributed by atoms with Gasteiger partial charge in [-0.25, -0.2) is 0 Å². The molecular formula is C19H21BrN2O2. The van der Waals surface area contributed by atoms with Crippen LogP contribution in [0.2, 0.25) is 0 Å². The molecule has 0 aliphatic carbocycles. The summed E-state index contributed by atoms with van der Waals surface area (Å²) in [6, 6.07) is 13.8. The van der Waals surface area contributed by atoms with Crippen LogP contribution < -0.4 is 10.1 Å². The predicted octanol–water partition coefficient (Wildman–Crippen LogP) is 3.42. The maximum absolute atomic E-state index is 12.4. The van der Waals surface area contributed by atoms with Crippen molar-refractivity contribution in [3.8, 4) is 5.75 Å². The van der Waals surface area contributed by atoms with Gasteiger partial charge in [-0.15, -0.1) is 0 Å². The van der Waals surface area contributed by atoms with Crippen LogP contribution in [0.1, 0.15) is 27.5 Å². The quantitative estimate of drug-likeness (QED) is 0.852. The zero-order chi connectivity index (χ0) is 17.1. The number of fused-ring (bicyclic) bond motifs is 1. The van der Waals surface area contributed by atoms with Crippen LogP contribution in [0.4, 0.5) is 0 Å². The van der Waals surface area contributed by atoms with Crippen molar-refractivity contribution in [3.05, 3.63) is 63.6 Å². The van der Waals surface area contributed by atoms with Crippen molar-refractivity contribution in [1.29, 1.82) is 0 Å². The van der Waals surface area contributed by atoms with Crippen LogP contribution in [0, 0.1) is 0 Å². The summed E-state index contributed by atoms with van der Waals surface area (Å²) in [7, 11) is 4.05. The van der Waals surface area contributed by atoms with E-state index in [1.54, 1.807) is 0 Å². The van der Waals surface area contributed by atoms with Crippen LogP contribution in [-0.4, -0.2) is 38.1 Å². The number of halogens is 1. The number of nitrogens with one attached hydrogen (secondary N) is 1. The molecule has 24 heavy (non-hydrogen) atoms. The minimum atomic E-state index is -0.0624. The number of benzene rings is 2. The van der Waals surface area contributed by atoms with Gasteiger partial charge in [0.05, 0.1) is 12.6 Å². The van der Waals surface area contributed by atoms with Crippen LogP contribution in [0.25, 0.3) is 0 Å². The molecular weight excluding hydrogens is 368 g/mol. The van der Waals surface area contributed by atoms with Crippen LogP contribution in [0.5, 0.6) is 5.75 Å². The van der Waals surface area contributed by atoms with E-state index in [9.17, 15) is 4.79 Å². The van der Waals surface area contributed by atoms with E-state index in [0.717, 1.165) is 23.2 Å². The SMILES string of the molecule is CN(C)C(CNC(=O)c1cccc(Br)c1)c1ccc2c(c1)CCO2. The molecule has 0 fully saturated rings. The fourth-order valence-electron chi connectivity index (χ4n) is 2.93. The third kappa shape index (κ3) is 3.79. The second-order valence-corrected chi connectivity index (χ2v) is 7.08. The van der Waals surface area contributed by atoms with Crippen molar-refractivity contribution >= 4 is 21.8 Å². The molecule has 1 unspecified atom stereocenters. The molecule has 5 heteroatoms. The molecule has 1 N–H and O–H groups in total. The lowest BCUT2D eigenvalue weighted by Gasteiger charge is -2.25. The van der Waals surface area contributed by atoms with Crippen LogP contribution in [0.3, 0.4) is 0 Å². The first-order chi connectivity index (χ1) is 11.5. The second-order valence-electron chi connectivity index (χ2n) is 6.17. The number of amides is 1. The minimum absolute atomic E-state index is 0.0624. The highest BCUT2D eigenvalue weighted by molar-refractivity contribution is 9.10. The number of rotatable bonds is 5. The van der Waals surface area contributed by atoms with Crippen molar-refractivity contribution in [2.75, 3.05) is 27.2 Å². The second kappa shape index (κ2) is 7.36. The minimum Gasteiger partial charge on any atom is -0.493 e. The zero-order valence-electron chi connectivity index (χ0n) is 13.9. The highest BCUT2D eigenvalue weighted by Gasteiger charge is 2.19. The maximum Gasteiger partial charge on any atom is 0.251 e. The molecule has 3 rings (SSSR count). The zero-order valence-corrected chi connectivity index (χ0v) is 15.5. The third-order valence-corrected chi connectivity index (χ3v) is 4.76. The molecule has 1 amide bonds. The summed E-state index contributed by atoms with van der Waals surface area (Å²) in [5.41, 5.74) is 3.10. The van der Waals surface area contributed by atoms with Crippen molar-refractivity contribution in [3.63, 3.8) is 0 Å². The van der Waals surface area contributed by atoms with Gasteiger partial charge < -0.3 is 15.0 Å². The van der Waals surface area contributed by atoms with Gasteiger partial charge in [-0.1, -0.05) is 34.1 Å². The molecule has 0 saturated heterocycles. The lowest BCUT2D eigenvalue weighted by Crippen LogP contribution is -2.34. The van der Waals surface area contributed by atoms with E-state index in [4.69, 9.17) is 4.74 Å². The lowest BCUT2D eigenvalue weighted by molar-refractivity contribution is 0.0942. The van der Waals surface area contributed by atoms with Crippen molar-refractivity contribution in [1.82, 2.24) is 10.2 Å². The van der Waals surface area contributed by atoms with E-state index in [2.05, 4.69) is 38.3 Å². The Hall–Kier alpha value is -1.85. The number of nitrogens with zero attached hydrogens (tertiary/aromatic N) is 1. The molecule has 1 atom stereocenters. The molecule has 0 bridgehead atoms. The van der Waals surface area contributed by atoms with E-state index in [-0.39, 0.29) is 11.9 Å². The van der Waals surface area contributed by atoms with Gasteiger partial charge in [0.25, 0.3) is 5.91 Å². The molecule has 2 aromatic carbocycles. The number of hydrogen-bond donors (Lipinski definition) is 1. The highest BCUT2D eigenvalue weighted by Crippen LogP contribution is 2.29. The van der Waals surface area contributed by atoms with Crippen molar-refractivity contribution in [2.24, 2.45) is 0 Å². The van der Waals surface area contributed by atoms with Crippen molar-refractivity contribution < 1.29 is 9.53 Å². The smallest absolute Gasteiger partial charge is 0.251 e. The number of hydrogen-bond acceptors (Lipinski definition) is 3. The molecule has 1 aliphatic rings. The van der Waals surface area contributed by atoms with Crippen LogP contribution >= 0.6 is 15.9 Å². The van der Waals surface area contributed by atoms with Gasteiger partial charge in [0.15, 0.2) is 0 Å². The number of carbonyl (C=O) groups is 1. The maximum atomic E-state index is 12.4. The predicted molar refractivity (Wildman–Crippen MR) is 98.5 cm³/mol. The fraction of sp³-hybridized carbons (Fsp3) is 0.316. The van der Waals surface area contributed by atoms with Crippen LogP contribution in [-0.2, 0) is 6.42 Å². The van der Waals surface area contributed by atoms with E-state index >= 15 is 0 Å². The molecule has 1 heterocycles. The Morgan fingerprint density at radius 3 is 2.88 bits per heavy atom. The van der Waals surface area contributed by atoms with Crippen molar-refractivity contribution in [2.45, 2.75) is 12.5 Å². The molecule has 0 saturated carbocycles. The molecule has 2 aromatic rings. The van der Waals surface area contributed by atoms with E-state index in [1.807, 2.05) is 44.4 Å². The van der Waals surface area contributed by atoms with Gasteiger partial charge >= 0.3 is 0 Å². The molecule has 4 nitrogen and oxygen atoms in total. The number of likely N-dealkylation sites (N-methyl/N-ethyl adjacent to an activating group) is 1. The normalized spacial score (nSPS) is 14.2. The fourth-order valence-corrected chi connectivity index (χ4v) is 3.33. The Labute approximate surface area is 150 Å². The monoisotopic (exact) mass is 388 g/mol. The molecule has 1 aliphatic heterocycles. The van der Waals surface area contributed by atoms with E-state index in [0.29, 0.717) is 12.1 Å². The summed E-state index contributed by atoms with van der Waals surface area (Å²) < 4.78 is 6.47. The van der Waals surface area contributed by atoms with Gasteiger partial charge in [-0.2, -0.15) is 0 Å². The summed E-state index contributed by atoms with van der Waals surface area (Å²) in [6.07, 6.45) is 0.952. The Morgan fingerprint density at radius 1 is 1.29 bits per heavy atom. The summed E-state index contributed by atoms with van der Waals surface area (Å²) >= 11 is 3.40. The Balaban J connectivity index is 1.72. The number of ether oxygens (including phenoxy) is 1. The van der Waals surface area contributed by atoms with E-state index < -0.39 is 0 Å². The molecule has 0 aromatic heterocycles. The summed E-state index contributed by atoms with van der Waals surface area (Å²) in [4.78, 5) is 14.5. The van der Waals surface area contributed by atoms with Gasteiger partial charge in [-0.05, 0) is 49.5 Å². The molecule has 126 valence electrons. The average molecular weight is 389 g/mol. The average Bonchev–Trinajstić information content (AvgIpc) is 3.02. The van der Waals surface area contributed by atoms with Gasteiger partial charge in [0.1, 0.15) is 5.75 Å². The topological polar surface area (TPSA) is 41.6 Å². The Bertz CT molecular complexity index is 746. The lowest BCUT2D eigenvalue weighted by atomic mass is 10.0. The van der Waals surface area contributed by atoms with Gasteiger partial charge in [0, 0.05) is 23.0 Å². The highest BCUT2D eigenvalue weighted by atomic mass is 79.9. The first-order valence-electron chi connectivity index (χ1n) is 8.00. The van der Waals surface area contributed by atoms with Gasteiger partial charge in [-0.3, -0.25) is 4.79 Å². The van der Waals surface area contributed by atoms with Crippen LogP contribution in [0.15, 0.2) is 46.9 Å². The summed E-state index contributed by atoms with van der Waals surface area (Å²) in [6.45, 7) is 1.31. The molecule has 0 spiro atoms. The standard InChI is InChI=1S/C19H21BrN2O2/c1-22(2)17(13-6-7-18-14(10-13)8-9-24-18)12-21-19(23)15-4-3-5-16(20)11-15/h3-7,10-11,17H,8-9,12H2,1-2H3,(H,21,23). The van der Waals surface area contributed by atoms with E-state index in [1.165, 1.54) is 11.1 Å². The largest absolute Gasteiger partial charge is 0.493 e. The first kappa shape index (κ1) is 17.0. The molecule has 0 radical (unpaired) electrons. The number of carbonyl (C=O) groups excluding carboxylic acids is 1. The Morgan fingerprint density at radius 2 is 2.12 bits per heavy atom. The first-order valence-corrected chi connectivity index (χ1v) is 8.79. The third-order valence-electron chi connectivity index (χ3n) is 4.26. The summed E-state index contributed by atoms with van der Waals surface area (Å²) in [5.74, 6) is 0.919. The summed E-state index contributed by atoms with van der Waals surface area (Å²) in [5, 5.41) is 3.04. The Kier molecular flexibility index (Phi) is 5.21.